The lowest BCUT2D eigenvalue weighted by Gasteiger charge is -2.36. The second kappa shape index (κ2) is 8.12. The molecule has 0 amide bonds. The van der Waals surface area contributed by atoms with Gasteiger partial charge < -0.3 is 10.1 Å². The number of aromatic nitrogens is 1. The average Bonchev–Trinajstić information content (AvgIpc) is 3.39. The number of aliphatic hydroxyl groups excluding tert-OH is 1. The van der Waals surface area contributed by atoms with Crippen molar-refractivity contribution in [2.75, 3.05) is 13.2 Å². The summed E-state index contributed by atoms with van der Waals surface area (Å²) in [7, 11) is -3.73. The third-order valence-electron chi connectivity index (χ3n) is 6.71. The Bertz CT molecular complexity index is 1300. The van der Waals surface area contributed by atoms with Crippen LogP contribution >= 0.6 is 0 Å². The van der Waals surface area contributed by atoms with Crippen molar-refractivity contribution >= 4 is 21.1 Å². The molecule has 0 bridgehead atoms. The number of hydrogen-bond donors (Lipinski definition) is 4. The van der Waals surface area contributed by atoms with E-state index in [4.69, 9.17) is 0 Å². The molecule has 0 atom stereocenters. The van der Waals surface area contributed by atoms with Crippen LogP contribution in [0, 0.1) is 23.4 Å². The molecule has 0 spiro atoms. The van der Waals surface area contributed by atoms with Crippen molar-refractivity contribution in [1.29, 1.82) is 0 Å². The zero-order chi connectivity index (χ0) is 23.4. The van der Waals surface area contributed by atoms with Gasteiger partial charge in [-0.25, -0.2) is 17.9 Å². The van der Waals surface area contributed by atoms with Gasteiger partial charge in [0.1, 0.15) is 17.5 Å². The molecule has 0 radical (unpaired) electrons. The van der Waals surface area contributed by atoms with Gasteiger partial charge in [-0.05, 0) is 79.0 Å². The minimum absolute atomic E-state index is 0.0327. The molecule has 0 aliphatic heterocycles. The summed E-state index contributed by atoms with van der Waals surface area (Å²) in [5, 5.41) is 9.76. The van der Waals surface area contributed by atoms with E-state index in [0.29, 0.717) is 42.3 Å². The number of fused-ring (bicyclic) bond motifs is 1. The van der Waals surface area contributed by atoms with Gasteiger partial charge in [-0.3, -0.25) is 0 Å². The zero-order valence-corrected chi connectivity index (χ0v) is 18.5. The maximum Gasteiger partial charge on any atom is 0.277 e. The molecule has 10 heteroatoms. The highest BCUT2D eigenvalue weighted by Gasteiger charge is 2.45. The Morgan fingerprint density at radius 3 is 2.39 bits per heavy atom. The normalized spacial score (nSPS) is 21.8. The SMILES string of the molecule is O=S(=O)(NCC1CC(c2c(-c3ccc(F)cc3)[nH]c3c(F)cc(F)cc23)C1)NC1(CO)CC1. The number of hydrogen-bond acceptors (Lipinski definition) is 3. The topological polar surface area (TPSA) is 94.2 Å². The molecule has 33 heavy (non-hydrogen) atoms. The van der Waals surface area contributed by atoms with E-state index in [2.05, 4.69) is 14.4 Å². The average molecular weight is 480 g/mol. The van der Waals surface area contributed by atoms with Crippen molar-refractivity contribution in [2.45, 2.75) is 37.1 Å². The van der Waals surface area contributed by atoms with Crippen LogP contribution in [0.1, 0.15) is 37.2 Å². The van der Waals surface area contributed by atoms with E-state index in [-0.39, 0.29) is 30.5 Å². The predicted octanol–water partition coefficient (Wildman–Crippen LogP) is 3.69. The molecule has 1 heterocycles. The van der Waals surface area contributed by atoms with Gasteiger partial charge in [-0.1, -0.05) is 0 Å². The molecule has 1 aromatic heterocycles. The molecule has 4 N–H and O–H groups in total. The monoisotopic (exact) mass is 479 g/mol. The predicted molar refractivity (Wildman–Crippen MR) is 118 cm³/mol. The molecule has 176 valence electrons. The van der Waals surface area contributed by atoms with Crippen molar-refractivity contribution in [3.8, 4) is 11.3 Å². The van der Waals surface area contributed by atoms with Crippen molar-refractivity contribution in [3.05, 3.63) is 59.4 Å². The molecule has 0 unspecified atom stereocenters. The number of rotatable bonds is 8. The molecule has 5 rings (SSSR count). The van der Waals surface area contributed by atoms with Gasteiger partial charge in [-0.2, -0.15) is 13.1 Å². The highest BCUT2D eigenvalue weighted by Crippen LogP contribution is 2.48. The summed E-state index contributed by atoms with van der Waals surface area (Å²) in [5.41, 5.74) is 1.48. The molecule has 3 aromatic rings. The summed E-state index contributed by atoms with van der Waals surface area (Å²) < 4.78 is 71.5. The quantitative estimate of drug-likeness (QED) is 0.397. The smallest absolute Gasteiger partial charge is 0.277 e. The van der Waals surface area contributed by atoms with Crippen LogP contribution in [0.5, 0.6) is 0 Å². The Hall–Kier alpha value is -2.40. The van der Waals surface area contributed by atoms with Crippen LogP contribution in [0.4, 0.5) is 13.2 Å². The van der Waals surface area contributed by atoms with Crippen molar-refractivity contribution in [1.82, 2.24) is 14.4 Å². The van der Waals surface area contributed by atoms with E-state index in [0.717, 1.165) is 11.6 Å². The van der Waals surface area contributed by atoms with E-state index < -0.39 is 33.2 Å². The fourth-order valence-electron chi connectivity index (χ4n) is 4.64. The van der Waals surface area contributed by atoms with Gasteiger partial charge in [0, 0.05) is 18.0 Å². The molecule has 2 aliphatic rings. The Labute approximate surface area is 189 Å². The number of H-pyrrole nitrogens is 1. The van der Waals surface area contributed by atoms with Crippen molar-refractivity contribution < 1.29 is 26.7 Å². The first kappa shape index (κ1) is 22.4. The summed E-state index contributed by atoms with van der Waals surface area (Å²) in [6.07, 6.45) is 2.48. The molecule has 2 saturated carbocycles. The first-order chi connectivity index (χ1) is 15.7. The van der Waals surface area contributed by atoms with E-state index in [1.54, 1.807) is 12.1 Å². The molecule has 0 saturated heterocycles. The fraction of sp³-hybridized carbons (Fsp3) is 0.391. The molecule has 2 fully saturated rings. The van der Waals surface area contributed by atoms with Crippen LogP contribution in [0.25, 0.3) is 22.2 Å². The van der Waals surface area contributed by atoms with E-state index >= 15 is 0 Å². The third kappa shape index (κ3) is 4.40. The fourth-order valence-corrected chi connectivity index (χ4v) is 6.00. The minimum Gasteiger partial charge on any atom is -0.394 e. The first-order valence-electron chi connectivity index (χ1n) is 10.8. The van der Waals surface area contributed by atoms with Crippen LogP contribution < -0.4 is 9.44 Å². The number of halogens is 3. The van der Waals surface area contributed by atoms with Gasteiger partial charge in [0.05, 0.1) is 23.4 Å². The lowest BCUT2D eigenvalue weighted by molar-refractivity contribution is 0.244. The largest absolute Gasteiger partial charge is 0.394 e. The van der Waals surface area contributed by atoms with Gasteiger partial charge in [-0.15, -0.1) is 0 Å². The van der Waals surface area contributed by atoms with E-state index in [1.807, 2.05) is 0 Å². The number of aromatic amines is 1. The second-order valence-corrected chi connectivity index (χ2v) is 10.7. The summed E-state index contributed by atoms with van der Waals surface area (Å²) in [6, 6.07) is 7.91. The first-order valence-corrected chi connectivity index (χ1v) is 12.3. The zero-order valence-electron chi connectivity index (χ0n) is 17.7. The maximum absolute atomic E-state index is 14.5. The Kier molecular flexibility index (Phi) is 5.51. The van der Waals surface area contributed by atoms with Crippen LogP contribution in [-0.2, 0) is 10.2 Å². The van der Waals surface area contributed by atoms with Gasteiger partial charge in [0.2, 0.25) is 0 Å². The molecular formula is C23H24F3N3O3S. The van der Waals surface area contributed by atoms with Gasteiger partial charge in [0.25, 0.3) is 10.2 Å². The Balaban J connectivity index is 1.36. The standard InChI is InChI=1S/C23H24F3N3O3S/c24-16-3-1-14(2-4-16)21-20(18-9-17(25)10-19(26)22(18)28-21)15-7-13(8-15)11-27-33(31,32)29-23(12-30)5-6-23/h1-4,9-10,13,15,27-30H,5-8,11-12H2. The Morgan fingerprint density at radius 1 is 1.06 bits per heavy atom. The summed E-state index contributed by atoms with van der Waals surface area (Å²) in [4.78, 5) is 3.05. The number of nitrogens with one attached hydrogen (secondary N) is 3. The number of aliphatic hydroxyl groups is 1. The van der Waals surface area contributed by atoms with E-state index in [1.165, 1.54) is 18.2 Å². The van der Waals surface area contributed by atoms with Gasteiger partial charge in [0.15, 0.2) is 0 Å². The Morgan fingerprint density at radius 2 is 1.76 bits per heavy atom. The van der Waals surface area contributed by atoms with Gasteiger partial charge >= 0.3 is 0 Å². The summed E-state index contributed by atoms with van der Waals surface area (Å²) >= 11 is 0. The lowest BCUT2D eigenvalue weighted by Crippen LogP contribution is -2.48. The van der Waals surface area contributed by atoms with Crippen LogP contribution in [0.3, 0.4) is 0 Å². The highest BCUT2D eigenvalue weighted by atomic mass is 32.2. The molecular weight excluding hydrogens is 455 g/mol. The lowest BCUT2D eigenvalue weighted by atomic mass is 9.70. The van der Waals surface area contributed by atoms with Crippen LogP contribution in [-0.4, -0.2) is 37.2 Å². The third-order valence-corrected chi connectivity index (χ3v) is 7.96. The minimum atomic E-state index is -3.73. The van der Waals surface area contributed by atoms with Crippen LogP contribution in [0.2, 0.25) is 0 Å². The number of benzene rings is 2. The van der Waals surface area contributed by atoms with Crippen molar-refractivity contribution in [2.24, 2.45) is 5.92 Å². The maximum atomic E-state index is 14.5. The molecule has 6 nitrogen and oxygen atoms in total. The molecule has 2 aromatic carbocycles. The van der Waals surface area contributed by atoms with E-state index in [9.17, 15) is 26.7 Å². The van der Waals surface area contributed by atoms with Crippen LogP contribution in [0.15, 0.2) is 36.4 Å². The highest BCUT2D eigenvalue weighted by molar-refractivity contribution is 7.87. The second-order valence-electron chi connectivity index (χ2n) is 9.16. The summed E-state index contributed by atoms with van der Waals surface area (Å²) in [6.45, 7) is -0.0104. The summed E-state index contributed by atoms with van der Waals surface area (Å²) in [5.74, 6) is -1.76. The molecule has 2 aliphatic carbocycles. The van der Waals surface area contributed by atoms with Crippen molar-refractivity contribution in [3.63, 3.8) is 0 Å².